The molecule has 3 aromatic rings. The first-order valence-electron chi connectivity index (χ1n) is 7.92. The van der Waals surface area contributed by atoms with Gasteiger partial charge in [0, 0.05) is 12.3 Å². The number of anilines is 1. The van der Waals surface area contributed by atoms with Crippen LogP contribution in [0.15, 0.2) is 42.6 Å². The number of carbonyl (C=O) groups excluding carboxylic acids is 1. The van der Waals surface area contributed by atoms with Crippen LogP contribution in [0.5, 0.6) is 5.88 Å². The Bertz CT molecular complexity index is 883. The van der Waals surface area contributed by atoms with E-state index in [9.17, 15) is 15.0 Å². The zero-order chi connectivity index (χ0) is 18.5. The molecule has 0 spiro atoms. The van der Waals surface area contributed by atoms with E-state index in [4.69, 9.17) is 4.74 Å². The van der Waals surface area contributed by atoms with Gasteiger partial charge in [0.2, 0.25) is 5.88 Å². The Hall–Kier alpha value is -3.17. The quantitative estimate of drug-likeness (QED) is 0.450. The van der Waals surface area contributed by atoms with Crippen molar-refractivity contribution >= 4 is 22.8 Å². The molecule has 2 aromatic heterocycles. The molecule has 2 amide bonds. The monoisotopic (exact) mass is 357 g/mol. The largest absolute Gasteiger partial charge is 0.479 e. The molecule has 0 bridgehead atoms. The highest BCUT2D eigenvalue weighted by Gasteiger charge is 2.22. The average Bonchev–Trinajstić information content (AvgIpc) is 3.08. The van der Waals surface area contributed by atoms with Crippen molar-refractivity contribution in [2.75, 3.05) is 19.0 Å². The van der Waals surface area contributed by atoms with E-state index in [0.29, 0.717) is 28.2 Å². The van der Waals surface area contributed by atoms with Crippen LogP contribution in [-0.4, -0.2) is 51.2 Å². The van der Waals surface area contributed by atoms with Gasteiger partial charge < -0.3 is 20.3 Å². The minimum absolute atomic E-state index is 0.298. The Morgan fingerprint density at radius 3 is 2.81 bits per heavy atom. The number of nitrogens with one attached hydrogen (secondary N) is 3. The molecular formula is C17H19N5O4. The molecule has 1 aromatic carbocycles. The smallest absolute Gasteiger partial charge is 0.320 e. The fraction of sp³-hybridized carbons (Fsp3) is 0.235. The van der Waals surface area contributed by atoms with E-state index in [-0.39, 0.29) is 0 Å². The first-order valence-corrected chi connectivity index (χ1v) is 7.92. The summed E-state index contributed by atoms with van der Waals surface area (Å²) in [4.78, 5) is 16.5. The number of methoxy groups -OCH3 is 1. The molecule has 0 saturated carbocycles. The first-order chi connectivity index (χ1) is 12.6. The molecule has 0 aliphatic heterocycles. The van der Waals surface area contributed by atoms with Crippen LogP contribution in [0.25, 0.3) is 10.9 Å². The number of fused-ring (bicyclic) bond motifs is 1. The predicted octanol–water partition coefficient (Wildman–Crippen LogP) is 1.18. The van der Waals surface area contributed by atoms with Crippen LogP contribution in [-0.2, 0) is 0 Å². The van der Waals surface area contributed by atoms with Crippen molar-refractivity contribution in [2.45, 2.75) is 12.1 Å². The third kappa shape index (κ3) is 3.73. The summed E-state index contributed by atoms with van der Waals surface area (Å²) >= 11 is 0. The van der Waals surface area contributed by atoms with Crippen molar-refractivity contribution in [3.05, 3.63) is 48.2 Å². The Balaban J connectivity index is 1.74. The molecule has 0 radical (unpaired) electrons. The van der Waals surface area contributed by atoms with Crippen molar-refractivity contribution in [1.29, 1.82) is 0 Å². The number of pyridine rings is 1. The van der Waals surface area contributed by atoms with E-state index in [1.807, 2.05) is 6.07 Å². The van der Waals surface area contributed by atoms with Gasteiger partial charge in [-0.05, 0) is 5.56 Å². The van der Waals surface area contributed by atoms with Gasteiger partial charge in [0.25, 0.3) is 0 Å². The van der Waals surface area contributed by atoms with Crippen LogP contribution in [0.2, 0.25) is 0 Å². The lowest BCUT2D eigenvalue weighted by Gasteiger charge is -2.23. The van der Waals surface area contributed by atoms with E-state index in [1.54, 1.807) is 30.3 Å². The second kappa shape index (κ2) is 7.81. The van der Waals surface area contributed by atoms with Gasteiger partial charge in [-0.2, -0.15) is 0 Å². The first kappa shape index (κ1) is 17.6. The molecule has 5 N–H and O–H groups in total. The fourth-order valence-corrected chi connectivity index (χ4v) is 2.57. The highest BCUT2D eigenvalue weighted by Crippen LogP contribution is 2.23. The standard InChI is InChI=1S/C17H19N5O4/c1-26-16-11-8-18-14(7-12(11)21-22-16)19-17(25)20-15(13(24)9-23)10-5-3-2-4-6-10/h2-8,13,15,23-24H,9H2,1H3,(H,21,22)(H2,18,19,20,25)/t13-,15-/m0/s1. The number of H-pyrrole nitrogens is 1. The minimum atomic E-state index is -1.14. The molecule has 0 fully saturated rings. The molecule has 0 unspecified atom stereocenters. The van der Waals surface area contributed by atoms with Crippen LogP contribution in [0.4, 0.5) is 10.6 Å². The van der Waals surface area contributed by atoms with Crippen LogP contribution in [0, 0.1) is 0 Å². The van der Waals surface area contributed by atoms with Gasteiger partial charge in [-0.25, -0.2) is 9.78 Å². The van der Waals surface area contributed by atoms with Gasteiger partial charge in [-0.1, -0.05) is 30.3 Å². The zero-order valence-electron chi connectivity index (χ0n) is 14.0. The van der Waals surface area contributed by atoms with Gasteiger partial charge in [-0.3, -0.25) is 10.4 Å². The molecule has 0 saturated heterocycles. The van der Waals surface area contributed by atoms with Crippen molar-refractivity contribution in [1.82, 2.24) is 20.5 Å². The van der Waals surface area contributed by atoms with Crippen molar-refractivity contribution in [3.63, 3.8) is 0 Å². The molecule has 9 heteroatoms. The lowest BCUT2D eigenvalue weighted by atomic mass is 10.0. The topological polar surface area (TPSA) is 132 Å². The van der Waals surface area contributed by atoms with Gasteiger partial charge in [-0.15, -0.1) is 5.10 Å². The molecule has 0 aliphatic carbocycles. The number of aromatic amines is 1. The number of carbonyl (C=O) groups is 1. The summed E-state index contributed by atoms with van der Waals surface area (Å²) in [5.74, 6) is 0.713. The number of hydrogen-bond acceptors (Lipinski definition) is 6. The van der Waals surface area contributed by atoms with Gasteiger partial charge >= 0.3 is 6.03 Å². The summed E-state index contributed by atoms with van der Waals surface area (Å²) in [6, 6.07) is 9.19. The molecule has 9 nitrogen and oxygen atoms in total. The third-order valence-corrected chi connectivity index (χ3v) is 3.86. The number of aromatic nitrogens is 3. The number of hydrogen-bond donors (Lipinski definition) is 5. The number of aliphatic hydroxyl groups is 2. The number of benzene rings is 1. The second-order valence-electron chi connectivity index (χ2n) is 5.58. The summed E-state index contributed by atoms with van der Waals surface area (Å²) in [5, 5.41) is 32.0. The molecule has 0 aliphatic rings. The normalized spacial score (nSPS) is 13.2. The number of amides is 2. The fourth-order valence-electron chi connectivity index (χ4n) is 2.57. The van der Waals surface area contributed by atoms with Crippen LogP contribution in [0.3, 0.4) is 0 Å². The number of ether oxygens (including phenoxy) is 1. The summed E-state index contributed by atoms with van der Waals surface area (Å²) in [7, 11) is 1.51. The van der Waals surface area contributed by atoms with E-state index >= 15 is 0 Å². The second-order valence-corrected chi connectivity index (χ2v) is 5.58. The zero-order valence-corrected chi connectivity index (χ0v) is 14.0. The van der Waals surface area contributed by atoms with E-state index in [2.05, 4.69) is 25.8 Å². The predicted molar refractivity (Wildman–Crippen MR) is 94.9 cm³/mol. The van der Waals surface area contributed by atoms with Gasteiger partial charge in [0.15, 0.2) is 0 Å². The molecule has 2 heterocycles. The van der Waals surface area contributed by atoms with Crippen LogP contribution in [0.1, 0.15) is 11.6 Å². The Labute approximate surface area is 149 Å². The van der Waals surface area contributed by atoms with Gasteiger partial charge in [0.05, 0.1) is 30.7 Å². The number of nitrogens with zero attached hydrogens (tertiary/aromatic N) is 2. The van der Waals surface area contributed by atoms with Crippen LogP contribution >= 0.6 is 0 Å². The highest BCUT2D eigenvalue weighted by molar-refractivity contribution is 5.92. The Kier molecular flexibility index (Phi) is 5.30. The highest BCUT2D eigenvalue weighted by atomic mass is 16.5. The summed E-state index contributed by atoms with van der Waals surface area (Å²) in [6.07, 6.45) is 0.389. The average molecular weight is 357 g/mol. The maximum Gasteiger partial charge on any atom is 0.320 e. The molecule has 136 valence electrons. The summed E-state index contributed by atoms with van der Waals surface area (Å²) in [5.41, 5.74) is 1.33. The molecule has 3 rings (SSSR count). The number of rotatable bonds is 6. The van der Waals surface area contributed by atoms with Gasteiger partial charge in [0.1, 0.15) is 11.9 Å². The number of aliphatic hydroxyl groups excluding tert-OH is 2. The third-order valence-electron chi connectivity index (χ3n) is 3.86. The minimum Gasteiger partial charge on any atom is -0.479 e. The molecular weight excluding hydrogens is 338 g/mol. The Morgan fingerprint density at radius 2 is 2.12 bits per heavy atom. The SMILES string of the molecule is COc1n[nH]c2cc(NC(=O)N[C@@H](c3ccccc3)[C@@H](O)CO)ncc12. The van der Waals surface area contributed by atoms with Crippen molar-refractivity contribution in [2.24, 2.45) is 0 Å². The maximum absolute atomic E-state index is 12.3. The van der Waals surface area contributed by atoms with Crippen molar-refractivity contribution < 1.29 is 19.7 Å². The van der Waals surface area contributed by atoms with Crippen LogP contribution < -0.4 is 15.4 Å². The number of urea groups is 1. The molecule has 26 heavy (non-hydrogen) atoms. The lowest BCUT2D eigenvalue weighted by Crippen LogP contribution is -2.40. The van der Waals surface area contributed by atoms with E-state index in [0.717, 1.165) is 0 Å². The van der Waals surface area contributed by atoms with E-state index < -0.39 is 24.8 Å². The Morgan fingerprint density at radius 1 is 1.35 bits per heavy atom. The maximum atomic E-state index is 12.3. The lowest BCUT2D eigenvalue weighted by molar-refractivity contribution is 0.0659. The summed E-state index contributed by atoms with van der Waals surface area (Å²) < 4.78 is 5.10. The molecule has 2 atom stereocenters. The van der Waals surface area contributed by atoms with Crippen molar-refractivity contribution in [3.8, 4) is 5.88 Å². The van der Waals surface area contributed by atoms with E-state index in [1.165, 1.54) is 13.3 Å². The summed E-state index contributed by atoms with van der Waals surface area (Å²) in [6.45, 7) is -0.488.